The average molecular weight is 308 g/mol. The largest absolute Gasteiger partial charge is 0.484 e. The Kier molecular flexibility index (Phi) is 4.62. The lowest BCUT2D eigenvalue weighted by atomic mass is 9.98. The zero-order valence-corrected chi connectivity index (χ0v) is 11.7. The summed E-state index contributed by atoms with van der Waals surface area (Å²) >= 11 is 0. The Balaban J connectivity index is 2.03. The maximum atomic E-state index is 12.1. The molecule has 1 unspecified atom stereocenters. The fourth-order valence-electron chi connectivity index (χ4n) is 2.03. The quantitative estimate of drug-likeness (QED) is 0.651. The third-order valence-corrected chi connectivity index (χ3v) is 3.28. The molecule has 0 aliphatic carbocycles. The molecule has 8 nitrogen and oxygen atoms in total. The van der Waals surface area contributed by atoms with Crippen molar-refractivity contribution in [3.8, 4) is 5.75 Å². The van der Waals surface area contributed by atoms with Crippen molar-refractivity contribution in [1.82, 2.24) is 5.32 Å². The standard InChI is InChI=1S/C14H16N2O6/c15-11(17)7-22-10-3-1-9(2-4-10)12(18)16-14(13(19)20)5-6-21-8-14/h1-4H,5-8H2,(H2,15,17)(H,16,18)(H,19,20). The molecular weight excluding hydrogens is 292 g/mol. The Labute approximate surface area is 126 Å². The summed E-state index contributed by atoms with van der Waals surface area (Å²) in [5.41, 5.74) is 3.84. The first kappa shape index (κ1) is 15.8. The number of hydrogen-bond donors (Lipinski definition) is 3. The molecule has 1 saturated heterocycles. The van der Waals surface area contributed by atoms with Crippen LogP contribution in [0.2, 0.25) is 0 Å². The van der Waals surface area contributed by atoms with Gasteiger partial charge in [-0.1, -0.05) is 0 Å². The maximum absolute atomic E-state index is 12.1. The van der Waals surface area contributed by atoms with Crippen LogP contribution in [-0.4, -0.2) is 48.2 Å². The number of carboxylic acids is 1. The number of rotatable bonds is 6. The van der Waals surface area contributed by atoms with E-state index in [4.69, 9.17) is 15.2 Å². The van der Waals surface area contributed by atoms with Crippen molar-refractivity contribution < 1.29 is 29.0 Å². The highest BCUT2D eigenvalue weighted by Gasteiger charge is 2.44. The fourth-order valence-corrected chi connectivity index (χ4v) is 2.03. The van der Waals surface area contributed by atoms with Crippen molar-refractivity contribution >= 4 is 17.8 Å². The minimum atomic E-state index is -1.39. The fraction of sp³-hybridized carbons (Fsp3) is 0.357. The molecule has 1 aliphatic heterocycles. The van der Waals surface area contributed by atoms with Crippen molar-refractivity contribution in [3.05, 3.63) is 29.8 Å². The van der Waals surface area contributed by atoms with E-state index in [1.165, 1.54) is 24.3 Å². The van der Waals surface area contributed by atoms with Crippen molar-refractivity contribution in [2.75, 3.05) is 19.8 Å². The number of carboxylic acid groups (broad SMARTS) is 1. The zero-order valence-electron chi connectivity index (χ0n) is 11.7. The third kappa shape index (κ3) is 3.53. The van der Waals surface area contributed by atoms with Gasteiger partial charge in [-0.25, -0.2) is 4.79 Å². The molecule has 4 N–H and O–H groups in total. The van der Waals surface area contributed by atoms with Gasteiger partial charge in [0.05, 0.1) is 6.61 Å². The molecule has 1 atom stereocenters. The second-order valence-corrected chi connectivity index (χ2v) is 4.92. The Morgan fingerprint density at radius 3 is 2.50 bits per heavy atom. The number of carbonyl (C=O) groups is 3. The van der Waals surface area contributed by atoms with E-state index in [2.05, 4.69) is 5.32 Å². The predicted octanol–water partition coefficient (Wildman–Crippen LogP) is -0.476. The van der Waals surface area contributed by atoms with Gasteiger partial charge in [0.25, 0.3) is 11.8 Å². The van der Waals surface area contributed by atoms with Crippen molar-refractivity contribution in [2.45, 2.75) is 12.0 Å². The van der Waals surface area contributed by atoms with Gasteiger partial charge in [-0.05, 0) is 24.3 Å². The summed E-state index contributed by atoms with van der Waals surface area (Å²) in [6, 6.07) is 5.93. The topological polar surface area (TPSA) is 128 Å². The Morgan fingerprint density at radius 2 is 2.00 bits per heavy atom. The summed E-state index contributed by atoms with van der Waals surface area (Å²) in [6.07, 6.45) is 0.216. The van der Waals surface area contributed by atoms with Gasteiger partial charge in [-0.2, -0.15) is 0 Å². The zero-order chi connectivity index (χ0) is 16.2. The normalized spacial score (nSPS) is 20.4. The molecule has 0 bridgehead atoms. The van der Waals surface area contributed by atoms with E-state index in [1.807, 2.05) is 0 Å². The van der Waals surface area contributed by atoms with E-state index in [-0.39, 0.29) is 31.8 Å². The van der Waals surface area contributed by atoms with Gasteiger partial charge >= 0.3 is 5.97 Å². The maximum Gasteiger partial charge on any atom is 0.331 e. The van der Waals surface area contributed by atoms with E-state index in [0.717, 1.165) is 0 Å². The molecule has 1 aromatic rings. The summed E-state index contributed by atoms with van der Waals surface area (Å²) in [6.45, 7) is -0.0363. The van der Waals surface area contributed by atoms with Gasteiger partial charge < -0.3 is 25.6 Å². The summed E-state index contributed by atoms with van der Waals surface area (Å²) < 4.78 is 10.1. The lowest BCUT2D eigenvalue weighted by molar-refractivity contribution is -0.144. The first-order chi connectivity index (χ1) is 10.4. The van der Waals surface area contributed by atoms with Crippen molar-refractivity contribution in [3.63, 3.8) is 0 Å². The van der Waals surface area contributed by atoms with Crippen LogP contribution in [0.25, 0.3) is 0 Å². The first-order valence-corrected chi connectivity index (χ1v) is 6.58. The van der Waals surface area contributed by atoms with Gasteiger partial charge in [0.15, 0.2) is 12.1 Å². The van der Waals surface area contributed by atoms with E-state index >= 15 is 0 Å². The van der Waals surface area contributed by atoms with E-state index < -0.39 is 23.3 Å². The molecule has 2 amide bonds. The predicted molar refractivity (Wildman–Crippen MR) is 74.4 cm³/mol. The van der Waals surface area contributed by atoms with Gasteiger partial charge in [-0.3, -0.25) is 9.59 Å². The number of nitrogens with one attached hydrogen (secondary N) is 1. The average Bonchev–Trinajstić information content (AvgIpc) is 2.95. The molecule has 118 valence electrons. The number of amides is 2. The minimum absolute atomic E-state index is 0.0616. The lowest BCUT2D eigenvalue weighted by Gasteiger charge is -2.23. The molecule has 1 heterocycles. The van der Waals surface area contributed by atoms with Crippen LogP contribution in [0.4, 0.5) is 0 Å². The SMILES string of the molecule is NC(=O)COc1ccc(C(=O)NC2(C(=O)O)CCOC2)cc1. The Morgan fingerprint density at radius 1 is 1.32 bits per heavy atom. The van der Waals surface area contributed by atoms with Crippen LogP contribution in [0, 0.1) is 0 Å². The van der Waals surface area contributed by atoms with Gasteiger partial charge in [-0.15, -0.1) is 0 Å². The molecule has 0 radical (unpaired) electrons. The van der Waals surface area contributed by atoms with Crippen LogP contribution in [0.3, 0.4) is 0 Å². The van der Waals surface area contributed by atoms with Crippen molar-refractivity contribution in [2.24, 2.45) is 5.73 Å². The molecule has 1 aromatic carbocycles. The first-order valence-electron chi connectivity index (χ1n) is 6.58. The molecule has 0 aromatic heterocycles. The van der Waals surface area contributed by atoms with Gasteiger partial charge in [0, 0.05) is 18.6 Å². The number of carbonyl (C=O) groups excluding carboxylic acids is 2. The molecule has 1 aliphatic rings. The molecule has 0 saturated carbocycles. The molecule has 8 heteroatoms. The van der Waals surface area contributed by atoms with Crippen LogP contribution >= 0.6 is 0 Å². The second-order valence-electron chi connectivity index (χ2n) is 4.92. The Hall–Kier alpha value is -2.61. The minimum Gasteiger partial charge on any atom is -0.484 e. The van der Waals surface area contributed by atoms with Gasteiger partial charge in [0.1, 0.15) is 5.75 Å². The molecule has 0 spiro atoms. The Bertz CT molecular complexity index is 578. The molecule has 1 fully saturated rings. The van der Waals surface area contributed by atoms with Crippen LogP contribution in [-0.2, 0) is 14.3 Å². The highest BCUT2D eigenvalue weighted by atomic mass is 16.5. The monoisotopic (exact) mass is 308 g/mol. The van der Waals surface area contributed by atoms with Gasteiger partial charge in [0.2, 0.25) is 0 Å². The van der Waals surface area contributed by atoms with Crippen LogP contribution < -0.4 is 15.8 Å². The number of benzene rings is 1. The van der Waals surface area contributed by atoms with Crippen LogP contribution in [0.15, 0.2) is 24.3 Å². The highest BCUT2D eigenvalue weighted by Crippen LogP contribution is 2.20. The summed E-state index contributed by atoms with van der Waals surface area (Å²) in [5.74, 6) is -1.87. The third-order valence-electron chi connectivity index (χ3n) is 3.28. The highest BCUT2D eigenvalue weighted by molar-refractivity contribution is 5.98. The van der Waals surface area contributed by atoms with Crippen LogP contribution in [0.1, 0.15) is 16.8 Å². The molecule has 2 rings (SSSR count). The number of ether oxygens (including phenoxy) is 2. The number of aliphatic carboxylic acids is 1. The smallest absolute Gasteiger partial charge is 0.331 e. The summed E-state index contributed by atoms with van der Waals surface area (Å²) in [7, 11) is 0. The van der Waals surface area contributed by atoms with Crippen LogP contribution in [0.5, 0.6) is 5.75 Å². The summed E-state index contributed by atoms with van der Waals surface area (Å²) in [5, 5.41) is 11.8. The molecular formula is C14H16N2O6. The lowest BCUT2D eigenvalue weighted by Crippen LogP contribution is -2.55. The van der Waals surface area contributed by atoms with Crippen molar-refractivity contribution in [1.29, 1.82) is 0 Å². The summed E-state index contributed by atoms with van der Waals surface area (Å²) in [4.78, 5) is 34.1. The van der Waals surface area contributed by atoms with E-state index in [1.54, 1.807) is 0 Å². The number of hydrogen-bond acceptors (Lipinski definition) is 5. The number of nitrogens with two attached hydrogens (primary N) is 1. The number of primary amides is 1. The second kappa shape index (κ2) is 6.44. The van der Waals surface area contributed by atoms with E-state index in [0.29, 0.717) is 5.75 Å². The van der Waals surface area contributed by atoms with E-state index in [9.17, 15) is 19.5 Å². The molecule has 22 heavy (non-hydrogen) atoms.